The summed E-state index contributed by atoms with van der Waals surface area (Å²) in [4.78, 5) is 11.0. The standard InChI is InChI=1S/C9H18O4S/c1-3-4-9(11)12-6-8(5-10)13-7(2)14/h7-8,10,14H,3-6H2,1-2H3. The molecule has 1 N–H and O–H groups in total. The van der Waals surface area contributed by atoms with Crippen LogP contribution in [0, 0.1) is 0 Å². The number of aliphatic hydroxyl groups is 1. The van der Waals surface area contributed by atoms with Crippen molar-refractivity contribution in [2.24, 2.45) is 0 Å². The third kappa shape index (κ3) is 7.17. The molecule has 2 atom stereocenters. The highest BCUT2D eigenvalue weighted by Crippen LogP contribution is 2.03. The normalized spacial score (nSPS) is 14.9. The molecule has 2 unspecified atom stereocenters. The molecule has 0 rings (SSSR count). The lowest BCUT2D eigenvalue weighted by atomic mass is 10.3. The molecule has 0 bridgehead atoms. The van der Waals surface area contributed by atoms with E-state index in [2.05, 4.69) is 12.6 Å². The van der Waals surface area contributed by atoms with Gasteiger partial charge in [-0.3, -0.25) is 4.79 Å². The van der Waals surface area contributed by atoms with Crippen molar-refractivity contribution in [1.29, 1.82) is 0 Å². The maximum atomic E-state index is 11.0. The van der Waals surface area contributed by atoms with Crippen LogP contribution in [0.5, 0.6) is 0 Å². The molecule has 0 saturated heterocycles. The van der Waals surface area contributed by atoms with E-state index in [1.165, 1.54) is 0 Å². The minimum Gasteiger partial charge on any atom is -0.463 e. The fourth-order valence-electron chi connectivity index (χ4n) is 0.876. The second kappa shape index (κ2) is 8.08. The molecule has 0 aromatic rings. The molecule has 0 spiro atoms. The Morgan fingerprint density at radius 1 is 1.57 bits per heavy atom. The molecule has 4 nitrogen and oxygen atoms in total. The van der Waals surface area contributed by atoms with Crippen LogP contribution in [-0.4, -0.2) is 35.8 Å². The van der Waals surface area contributed by atoms with Crippen LogP contribution in [0.3, 0.4) is 0 Å². The molecule has 0 saturated carbocycles. The van der Waals surface area contributed by atoms with Crippen LogP contribution in [0.25, 0.3) is 0 Å². The van der Waals surface area contributed by atoms with Crippen LogP contribution in [0.4, 0.5) is 0 Å². The molecule has 0 amide bonds. The molecule has 0 heterocycles. The Bertz CT molecular complexity index is 161. The first-order valence-electron chi connectivity index (χ1n) is 4.70. The Kier molecular flexibility index (Phi) is 7.93. The van der Waals surface area contributed by atoms with E-state index < -0.39 is 6.10 Å². The highest BCUT2D eigenvalue weighted by atomic mass is 32.1. The van der Waals surface area contributed by atoms with E-state index in [1.807, 2.05) is 6.92 Å². The number of ether oxygens (including phenoxy) is 2. The molecular formula is C9H18O4S. The van der Waals surface area contributed by atoms with Gasteiger partial charge in [-0.2, -0.15) is 0 Å². The van der Waals surface area contributed by atoms with E-state index in [0.717, 1.165) is 6.42 Å². The number of carbonyl (C=O) groups is 1. The summed E-state index contributed by atoms with van der Waals surface area (Å²) in [6.07, 6.45) is 0.671. The van der Waals surface area contributed by atoms with Gasteiger partial charge in [0.1, 0.15) is 12.7 Å². The number of esters is 1. The Hall–Kier alpha value is -0.260. The fourth-order valence-corrected chi connectivity index (χ4v) is 1.05. The number of carbonyl (C=O) groups excluding carboxylic acids is 1. The molecule has 0 aliphatic carbocycles. The predicted octanol–water partition coefficient (Wildman–Crippen LogP) is 0.983. The van der Waals surface area contributed by atoms with Crippen molar-refractivity contribution in [3.63, 3.8) is 0 Å². The zero-order chi connectivity index (χ0) is 11.0. The number of rotatable bonds is 7. The second-order valence-electron chi connectivity index (χ2n) is 2.97. The summed E-state index contributed by atoms with van der Waals surface area (Å²) in [6.45, 7) is 3.54. The molecule has 0 radical (unpaired) electrons. The highest BCUT2D eigenvalue weighted by molar-refractivity contribution is 7.80. The fraction of sp³-hybridized carbons (Fsp3) is 0.889. The number of aliphatic hydroxyl groups excluding tert-OH is 1. The van der Waals surface area contributed by atoms with Crippen molar-refractivity contribution in [1.82, 2.24) is 0 Å². The Morgan fingerprint density at radius 3 is 2.64 bits per heavy atom. The molecule has 0 aromatic carbocycles. The van der Waals surface area contributed by atoms with Gasteiger partial charge >= 0.3 is 5.97 Å². The van der Waals surface area contributed by atoms with Gasteiger partial charge in [-0.05, 0) is 13.3 Å². The van der Waals surface area contributed by atoms with Crippen molar-refractivity contribution in [3.8, 4) is 0 Å². The van der Waals surface area contributed by atoms with Gasteiger partial charge in [0.25, 0.3) is 0 Å². The summed E-state index contributed by atoms with van der Waals surface area (Å²) in [5, 5.41) is 8.87. The Morgan fingerprint density at radius 2 is 2.21 bits per heavy atom. The third-order valence-corrected chi connectivity index (χ3v) is 1.60. The van der Waals surface area contributed by atoms with Crippen molar-refractivity contribution in [2.45, 2.75) is 38.2 Å². The van der Waals surface area contributed by atoms with Gasteiger partial charge in [0, 0.05) is 6.42 Å². The summed E-state index contributed by atoms with van der Waals surface area (Å²) in [5.74, 6) is -0.263. The van der Waals surface area contributed by atoms with E-state index >= 15 is 0 Å². The SMILES string of the molecule is CCCC(=O)OCC(CO)OC(C)S. The minimum atomic E-state index is -0.483. The Labute approximate surface area is 90.0 Å². The summed E-state index contributed by atoms with van der Waals surface area (Å²) < 4.78 is 10.0. The van der Waals surface area contributed by atoms with Gasteiger partial charge in [-0.25, -0.2) is 0 Å². The largest absolute Gasteiger partial charge is 0.463 e. The van der Waals surface area contributed by atoms with Gasteiger partial charge in [0.2, 0.25) is 0 Å². The van der Waals surface area contributed by atoms with E-state index in [9.17, 15) is 4.79 Å². The summed E-state index contributed by atoms with van der Waals surface area (Å²) in [7, 11) is 0. The first kappa shape index (κ1) is 13.7. The zero-order valence-electron chi connectivity index (χ0n) is 8.60. The first-order chi connectivity index (χ1) is 6.60. The predicted molar refractivity (Wildman–Crippen MR) is 56.3 cm³/mol. The second-order valence-corrected chi connectivity index (χ2v) is 3.70. The van der Waals surface area contributed by atoms with Gasteiger partial charge < -0.3 is 14.6 Å². The number of hydrogen-bond donors (Lipinski definition) is 2. The van der Waals surface area contributed by atoms with Crippen LogP contribution in [0.2, 0.25) is 0 Å². The van der Waals surface area contributed by atoms with Crippen LogP contribution in [0.15, 0.2) is 0 Å². The zero-order valence-corrected chi connectivity index (χ0v) is 9.50. The quantitative estimate of drug-likeness (QED) is 0.383. The molecule has 0 fully saturated rings. The van der Waals surface area contributed by atoms with Gasteiger partial charge in [-0.1, -0.05) is 6.92 Å². The summed E-state index contributed by atoms with van der Waals surface area (Å²) in [6, 6.07) is 0. The summed E-state index contributed by atoms with van der Waals surface area (Å²) in [5.41, 5.74) is -0.281. The van der Waals surface area contributed by atoms with Crippen molar-refractivity contribution in [2.75, 3.05) is 13.2 Å². The molecule has 5 heteroatoms. The van der Waals surface area contributed by atoms with E-state index in [1.54, 1.807) is 6.92 Å². The topological polar surface area (TPSA) is 55.8 Å². The lowest BCUT2D eigenvalue weighted by molar-refractivity contribution is -0.149. The smallest absolute Gasteiger partial charge is 0.305 e. The molecule has 84 valence electrons. The van der Waals surface area contributed by atoms with E-state index in [4.69, 9.17) is 14.6 Å². The van der Waals surface area contributed by atoms with Crippen LogP contribution in [-0.2, 0) is 14.3 Å². The van der Waals surface area contributed by atoms with Gasteiger partial charge in [0.05, 0.1) is 12.0 Å². The monoisotopic (exact) mass is 222 g/mol. The lowest BCUT2D eigenvalue weighted by Crippen LogP contribution is -2.27. The molecule has 0 aliphatic heterocycles. The van der Waals surface area contributed by atoms with E-state index in [-0.39, 0.29) is 24.6 Å². The van der Waals surface area contributed by atoms with Crippen molar-refractivity contribution >= 4 is 18.6 Å². The highest BCUT2D eigenvalue weighted by Gasteiger charge is 2.12. The third-order valence-electron chi connectivity index (χ3n) is 1.48. The summed E-state index contributed by atoms with van der Waals surface area (Å²) >= 11 is 4.00. The van der Waals surface area contributed by atoms with Crippen LogP contribution >= 0.6 is 12.6 Å². The number of hydrogen-bond acceptors (Lipinski definition) is 5. The van der Waals surface area contributed by atoms with Gasteiger partial charge in [-0.15, -0.1) is 12.6 Å². The first-order valence-corrected chi connectivity index (χ1v) is 5.21. The Balaban J connectivity index is 3.66. The minimum absolute atomic E-state index is 0.0836. The molecule has 0 aromatic heterocycles. The van der Waals surface area contributed by atoms with E-state index in [0.29, 0.717) is 6.42 Å². The van der Waals surface area contributed by atoms with Crippen LogP contribution < -0.4 is 0 Å². The molecular weight excluding hydrogens is 204 g/mol. The molecule has 14 heavy (non-hydrogen) atoms. The van der Waals surface area contributed by atoms with Crippen molar-refractivity contribution in [3.05, 3.63) is 0 Å². The number of thiol groups is 1. The lowest BCUT2D eigenvalue weighted by Gasteiger charge is -2.17. The average Bonchev–Trinajstić information content (AvgIpc) is 2.12. The van der Waals surface area contributed by atoms with Crippen molar-refractivity contribution < 1.29 is 19.4 Å². The average molecular weight is 222 g/mol. The van der Waals surface area contributed by atoms with Gasteiger partial charge in [0.15, 0.2) is 0 Å². The maximum absolute atomic E-state index is 11.0. The molecule has 0 aliphatic rings. The van der Waals surface area contributed by atoms with Crippen LogP contribution in [0.1, 0.15) is 26.7 Å². The maximum Gasteiger partial charge on any atom is 0.305 e.